The number of carbonyl (C=O) groups is 1. The van der Waals surface area contributed by atoms with Crippen molar-refractivity contribution in [2.24, 2.45) is 0 Å². The van der Waals surface area contributed by atoms with E-state index in [1.807, 2.05) is 46.0 Å². The third-order valence-electron chi connectivity index (χ3n) is 5.03. The van der Waals surface area contributed by atoms with Crippen molar-refractivity contribution in [3.05, 3.63) is 60.8 Å². The quantitative estimate of drug-likeness (QED) is 0.727. The lowest BCUT2D eigenvalue weighted by atomic mass is 10.2. The maximum atomic E-state index is 12.8. The molecule has 1 aliphatic rings. The third kappa shape index (κ3) is 3.12. The van der Waals surface area contributed by atoms with Gasteiger partial charge in [0.2, 0.25) is 5.91 Å². The Morgan fingerprint density at radius 2 is 1.73 bits per heavy atom. The van der Waals surface area contributed by atoms with Crippen LogP contribution in [0.4, 0.5) is 5.69 Å². The van der Waals surface area contributed by atoms with Gasteiger partial charge in [-0.3, -0.25) is 4.79 Å². The minimum Gasteiger partial charge on any atom is -0.495 e. The van der Waals surface area contributed by atoms with Crippen molar-refractivity contribution in [1.29, 1.82) is 0 Å². The van der Waals surface area contributed by atoms with Crippen LogP contribution in [0.3, 0.4) is 0 Å². The van der Waals surface area contributed by atoms with Crippen LogP contribution in [0.5, 0.6) is 5.75 Å². The molecule has 0 unspecified atom stereocenters. The number of benzene rings is 2. The Balaban J connectivity index is 1.44. The first-order valence-electron chi connectivity index (χ1n) is 8.96. The summed E-state index contributed by atoms with van der Waals surface area (Å²) < 4.78 is 7.45. The number of amides is 1. The normalized spacial score (nSPS) is 14.7. The highest BCUT2D eigenvalue weighted by molar-refractivity contribution is 5.88. The smallest absolute Gasteiger partial charge is 0.242 e. The summed E-state index contributed by atoms with van der Waals surface area (Å²) in [5, 5.41) is 1.09. The van der Waals surface area contributed by atoms with Crippen molar-refractivity contribution in [3.63, 3.8) is 0 Å². The fourth-order valence-electron chi connectivity index (χ4n) is 3.62. The van der Waals surface area contributed by atoms with E-state index < -0.39 is 0 Å². The number of nitrogens with zero attached hydrogens (tertiary/aromatic N) is 3. The zero-order valence-corrected chi connectivity index (χ0v) is 15.0. The second kappa shape index (κ2) is 7.12. The summed E-state index contributed by atoms with van der Waals surface area (Å²) in [6.07, 6.45) is 1.96. The van der Waals surface area contributed by atoms with E-state index in [0.29, 0.717) is 6.54 Å². The summed E-state index contributed by atoms with van der Waals surface area (Å²) in [7, 11) is 1.66. The number of hydrogen-bond acceptors (Lipinski definition) is 3. The number of carbonyl (C=O) groups excluding carboxylic acids is 1. The second-order valence-corrected chi connectivity index (χ2v) is 6.55. The monoisotopic (exact) mass is 349 g/mol. The number of hydrogen-bond donors (Lipinski definition) is 0. The van der Waals surface area contributed by atoms with Crippen LogP contribution in [-0.2, 0) is 11.3 Å². The Bertz CT molecular complexity index is 896. The van der Waals surface area contributed by atoms with Crippen molar-refractivity contribution in [2.45, 2.75) is 6.54 Å². The predicted octanol–water partition coefficient (Wildman–Crippen LogP) is 3.00. The van der Waals surface area contributed by atoms with E-state index in [1.54, 1.807) is 7.11 Å². The SMILES string of the molecule is COc1cccc2ccn(CC(=O)N3CCN(c4ccccc4)CC3)c12. The van der Waals surface area contributed by atoms with Crippen LogP contribution in [0.2, 0.25) is 0 Å². The first-order chi connectivity index (χ1) is 12.8. The third-order valence-corrected chi connectivity index (χ3v) is 5.03. The molecule has 4 rings (SSSR count). The highest BCUT2D eigenvalue weighted by Gasteiger charge is 2.22. The summed E-state index contributed by atoms with van der Waals surface area (Å²) in [6.45, 7) is 3.58. The molecule has 0 bridgehead atoms. The molecule has 5 nitrogen and oxygen atoms in total. The molecule has 1 aliphatic heterocycles. The van der Waals surface area contributed by atoms with E-state index in [4.69, 9.17) is 4.74 Å². The van der Waals surface area contributed by atoms with Gasteiger partial charge in [0.15, 0.2) is 0 Å². The molecule has 0 aliphatic carbocycles. The number of rotatable bonds is 4. The molecule has 5 heteroatoms. The standard InChI is InChI=1S/C21H23N3O2/c1-26-19-9-5-6-17-10-11-24(21(17)19)16-20(25)23-14-12-22(13-15-23)18-7-3-2-4-8-18/h2-11H,12-16H2,1H3. The molecule has 0 spiro atoms. The number of para-hydroxylation sites is 2. The molecule has 0 N–H and O–H groups in total. The van der Waals surface area contributed by atoms with Gasteiger partial charge in [-0.2, -0.15) is 0 Å². The molecule has 3 aromatic rings. The minimum atomic E-state index is 0.154. The molecule has 0 radical (unpaired) electrons. The molecule has 2 heterocycles. The van der Waals surface area contributed by atoms with Gasteiger partial charge in [-0.1, -0.05) is 30.3 Å². The Hall–Kier alpha value is -2.95. The second-order valence-electron chi connectivity index (χ2n) is 6.55. The van der Waals surface area contributed by atoms with Crippen molar-refractivity contribution in [1.82, 2.24) is 9.47 Å². The molecule has 1 saturated heterocycles. The molecule has 0 saturated carbocycles. The van der Waals surface area contributed by atoms with Gasteiger partial charge in [0.1, 0.15) is 12.3 Å². The van der Waals surface area contributed by atoms with Gasteiger partial charge >= 0.3 is 0 Å². The molecule has 1 aromatic heterocycles. The Morgan fingerprint density at radius 3 is 2.46 bits per heavy atom. The molecular weight excluding hydrogens is 326 g/mol. The van der Waals surface area contributed by atoms with Crippen molar-refractivity contribution in [2.75, 3.05) is 38.2 Å². The molecule has 0 atom stereocenters. The molecule has 1 fully saturated rings. The van der Waals surface area contributed by atoms with Crippen LogP contribution >= 0.6 is 0 Å². The average Bonchev–Trinajstić information content (AvgIpc) is 3.12. The van der Waals surface area contributed by atoms with Gasteiger partial charge < -0.3 is 19.1 Å². The lowest BCUT2D eigenvalue weighted by Crippen LogP contribution is -2.49. The van der Waals surface area contributed by atoms with E-state index in [0.717, 1.165) is 42.8 Å². The first-order valence-corrected chi connectivity index (χ1v) is 8.96. The number of methoxy groups -OCH3 is 1. The molecule has 134 valence electrons. The van der Waals surface area contributed by atoms with Gasteiger partial charge in [-0.15, -0.1) is 0 Å². The van der Waals surface area contributed by atoms with E-state index >= 15 is 0 Å². The summed E-state index contributed by atoms with van der Waals surface area (Å²) in [5.74, 6) is 0.954. The van der Waals surface area contributed by atoms with E-state index in [9.17, 15) is 4.79 Å². The average molecular weight is 349 g/mol. The van der Waals surface area contributed by atoms with Crippen LogP contribution in [0.1, 0.15) is 0 Å². The van der Waals surface area contributed by atoms with Gasteiger partial charge in [0.25, 0.3) is 0 Å². The maximum Gasteiger partial charge on any atom is 0.242 e. The highest BCUT2D eigenvalue weighted by atomic mass is 16.5. The Labute approximate surface area is 153 Å². The first kappa shape index (κ1) is 16.5. The Morgan fingerprint density at radius 1 is 0.962 bits per heavy atom. The molecular formula is C21H23N3O2. The van der Waals surface area contributed by atoms with Crippen LogP contribution < -0.4 is 9.64 Å². The topological polar surface area (TPSA) is 37.7 Å². The summed E-state index contributed by atoms with van der Waals surface area (Å²) in [6, 6.07) is 18.3. The van der Waals surface area contributed by atoms with Crippen LogP contribution in [-0.4, -0.2) is 48.7 Å². The highest BCUT2D eigenvalue weighted by Crippen LogP contribution is 2.26. The van der Waals surface area contributed by atoms with Crippen LogP contribution in [0.15, 0.2) is 60.8 Å². The van der Waals surface area contributed by atoms with E-state index in [-0.39, 0.29) is 5.91 Å². The van der Waals surface area contributed by atoms with Crippen molar-refractivity contribution < 1.29 is 9.53 Å². The van der Waals surface area contributed by atoms with Crippen molar-refractivity contribution in [3.8, 4) is 5.75 Å². The van der Waals surface area contributed by atoms with E-state index in [2.05, 4.69) is 29.2 Å². The fraction of sp³-hybridized carbons (Fsp3) is 0.286. The number of fused-ring (bicyclic) bond motifs is 1. The summed E-state index contributed by atoms with van der Waals surface area (Å²) in [5.41, 5.74) is 2.20. The van der Waals surface area contributed by atoms with Gasteiger partial charge in [-0.05, 0) is 24.3 Å². The predicted molar refractivity (Wildman–Crippen MR) is 104 cm³/mol. The molecule has 1 amide bonds. The van der Waals surface area contributed by atoms with Gasteiger partial charge in [-0.25, -0.2) is 0 Å². The molecule has 2 aromatic carbocycles. The molecule has 26 heavy (non-hydrogen) atoms. The summed E-state index contributed by atoms with van der Waals surface area (Å²) in [4.78, 5) is 17.1. The van der Waals surface area contributed by atoms with Gasteiger partial charge in [0.05, 0.1) is 12.6 Å². The fourth-order valence-corrected chi connectivity index (χ4v) is 3.62. The number of ether oxygens (including phenoxy) is 1. The largest absolute Gasteiger partial charge is 0.495 e. The zero-order chi connectivity index (χ0) is 17.9. The van der Waals surface area contributed by atoms with E-state index in [1.165, 1.54) is 5.69 Å². The zero-order valence-electron chi connectivity index (χ0n) is 15.0. The minimum absolute atomic E-state index is 0.154. The lowest BCUT2D eigenvalue weighted by molar-refractivity contribution is -0.132. The Kier molecular flexibility index (Phi) is 4.52. The van der Waals surface area contributed by atoms with Crippen LogP contribution in [0.25, 0.3) is 10.9 Å². The number of anilines is 1. The number of piperazine rings is 1. The van der Waals surface area contributed by atoms with Crippen molar-refractivity contribution >= 4 is 22.5 Å². The maximum absolute atomic E-state index is 12.8. The van der Waals surface area contributed by atoms with Crippen LogP contribution in [0, 0.1) is 0 Å². The summed E-state index contributed by atoms with van der Waals surface area (Å²) >= 11 is 0. The number of aromatic nitrogens is 1. The lowest BCUT2D eigenvalue weighted by Gasteiger charge is -2.36. The van der Waals surface area contributed by atoms with Gasteiger partial charge in [0, 0.05) is 43.4 Å².